The number of hydrogen-bond donors (Lipinski definition) is 1. The van der Waals surface area contributed by atoms with Crippen LogP contribution in [-0.2, 0) is 0 Å². The van der Waals surface area contributed by atoms with Crippen molar-refractivity contribution in [2.24, 2.45) is 5.92 Å². The van der Waals surface area contributed by atoms with Gasteiger partial charge in [-0.3, -0.25) is 0 Å². The summed E-state index contributed by atoms with van der Waals surface area (Å²) in [5.74, 6) is -6.15. The van der Waals surface area contributed by atoms with Gasteiger partial charge in [-0.05, 0) is 31.8 Å². The summed E-state index contributed by atoms with van der Waals surface area (Å²) in [5.41, 5.74) is -0.787. The Hall–Kier alpha value is -1.37. The molecule has 1 aromatic heterocycles. The third kappa shape index (κ3) is 4.06. The highest BCUT2D eigenvalue weighted by molar-refractivity contribution is 5.45. The van der Waals surface area contributed by atoms with Crippen LogP contribution >= 0.6 is 0 Å². The van der Waals surface area contributed by atoms with Crippen molar-refractivity contribution in [3.05, 3.63) is 23.5 Å². The van der Waals surface area contributed by atoms with E-state index in [9.17, 15) is 17.6 Å². The number of nitrogens with zero attached hydrogens (tertiary/aromatic N) is 2. The molecule has 2 rings (SSSR count). The fourth-order valence-corrected chi connectivity index (χ4v) is 2.57. The number of anilines is 1. The Balaban J connectivity index is 1.93. The first-order chi connectivity index (χ1) is 9.99. The smallest absolute Gasteiger partial charge is 0.253 e. The molecule has 0 aromatic carbocycles. The predicted molar refractivity (Wildman–Crippen MR) is 72.0 cm³/mol. The number of halogens is 4. The summed E-state index contributed by atoms with van der Waals surface area (Å²) in [6, 6.07) is 0. The van der Waals surface area contributed by atoms with Gasteiger partial charge in [0.2, 0.25) is 11.6 Å². The van der Waals surface area contributed by atoms with Crippen LogP contribution in [0.15, 0.2) is 0 Å². The van der Waals surface area contributed by atoms with E-state index in [1.165, 1.54) is 6.42 Å². The van der Waals surface area contributed by atoms with E-state index >= 15 is 0 Å². The van der Waals surface area contributed by atoms with Gasteiger partial charge in [0.05, 0.1) is 0 Å². The van der Waals surface area contributed by atoms with Gasteiger partial charge in [0, 0.05) is 13.1 Å². The van der Waals surface area contributed by atoms with Crippen LogP contribution in [0.4, 0.5) is 23.2 Å². The Kier molecular flexibility index (Phi) is 5.39. The van der Waals surface area contributed by atoms with Gasteiger partial charge in [-0.2, -0.15) is 22.5 Å². The van der Waals surface area contributed by atoms with Crippen molar-refractivity contribution in [2.75, 3.05) is 31.5 Å². The molecule has 0 saturated carbocycles. The summed E-state index contributed by atoms with van der Waals surface area (Å²) in [4.78, 5) is 4.81. The Labute approximate surface area is 121 Å². The van der Waals surface area contributed by atoms with Gasteiger partial charge < -0.3 is 10.2 Å². The second-order valence-electron chi connectivity index (χ2n) is 5.54. The first-order valence-corrected chi connectivity index (χ1v) is 7.15. The molecule has 21 heavy (non-hydrogen) atoms. The average Bonchev–Trinajstić information content (AvgIpc) is 2.46. The molecule has 0 radical (unpaired) electrons. The first kappa shape index (κ1) is 16.0. The molecule has 1 aliphatic heterocycles. The minimum atomic E-state index is -1.64. The summed E-state index contributed by atoms with van der Waals surface area (Å²) in [7, 11) is 0. The number of hydrogen-bond acceptors (Lipinski definition) is 3. The third-order valence-corrected chi connectivity index (χ3v) is 3.64. The molecule has 1 fully saturated rings. The minimum absolute atomic E-state index is 0.0983. The SMILES string of the molecule is CC(CNc1c(F)c(F)nc(F)c1F)CN1CCCCC1. The van der Waals surface area contributed by atoms with Crippen LogP contribution < -0.4 is 5.32 Å². The Morgan fingerprint density at radius 2 is 1.62 bits per heavy atom. The Bertz CT molecular complexity index is 463. The van der Waals surface area contributed by atoms with Gasteiger partial charge in [-0.1, -0.05) is 13.3 Å². The van der Waals surface area contributed by atoms with E-state index < -0.39 is 29.2 Å². The van der Waals surface area contributed by atoms with Crippen molar-refractivity contribution in [2.45, 2.75) is 26.2 Å². The molecule has 2 heterocycles. The third-order valence-electron chi connectivity index (χ3n) is 3.64. The van der Waals surface area contributed by atoms with Gasteiger partial charge in [0.15, 0.2) is 0 Å². The molecule has 1 aliphatic rings. The maximum absolute atomic E-state index is 13.4. The lowest BCUT2D eigenvalue weighted by Crippen LogP contribution is -2.35. The fourth-order valence-electron chi connectivity index (χ4n) is 2.57. The molecule has 0 amide bonds. The summed E-state index contributed by atoms with van der Waals surface area (Å²) < 4.78 is 52.8. The van der Waals surface area contributed by atoms with Crippen molar-refractivity contribution < 1.29 is 17.6 Å². The zero-order valence-corrected chi connectivity index (χ0v) is 11.9. The van der Waals surface area contributed by atoms with E-state index in [1.807, 2.05) is 6.92 Å². The standard InChI is InChI=1S/C14H19F4N3/c1-9(8-21-5-3-2-4-6-21)7-19-12-10(15)13(17)20-14(18)11(12)16/h9H,2-8H2,1H3,(H,19,20). The number of aromatic nitrogens is 1. The average molecular weight is 305 g/mol. The monoisotopic (exact) mass is 305 g/mol. The second-order valence-corrected chi connectivity index (χ2v) is 5.54. The van der Waals surface area contributed by atoms with Crippen molar-refractivity contribution in [1.29, 1.82) is 0 Å². The largest absolute Gasteiger partial charge is 0.380 e. The number of likely N-dealkylation sites (tertiary alicyclic amines) is 1. The van der Waals surface area contributed by atoms with E-state index in [1.54, 1.807) is 0 Å². The summed E-state index contributed by atoms with van der Waals surface area (Å²) in [5, 5.41) is 2.46. The van der Waals surface area contributed by atoms with Crippen LogP contribution in [0.3, 0.4) is 0 Å². The van der Waals surface area contributed by atoms with Crippen LogP contribution in [0.5, 0.6) is 0 Å². The zero-order valence-electron chi connectivity index (χ0n) is 11.9. The molecule has 7 heteroatoms. The lowest BCUT2D eigenvalue weighted by atomic mass is 10.1. The molecular formula is C14H19F4N3. The molecule has 0 spiro atoms. The van der Waals surface area contributed by atoms with Crippen LogP contribution in [0, 0.1) is 29.4 Å². The molecule has 1 saturated heterocycles. The quantitative estimate of drug-likeness (QED) is 0.669. The molecule has 118 valence electrons. The first-order valence-electron chi connectivity index (χ1n) is 7.15. The molecule has 3 nitrogen and oxygen atoms in total. The second kappa shape index (κ2) is 7.06. The Morgan fingerprint density at radius 3 is 2.19 bits per heavy atom. The topological polar surface area (TPSA) is 28.2 Å². The van der Waals surface area contributed by atoms with E-state index in [0.29, 0.717) is 0 Å². The highest BCUT2D eigenvalue weighted by Crippen LogP contribution is 2.22. The normalized spacial score (nSPS) is 17.8. The zero-order chi connectivity index (χ0) is 15.4. The van der Waals surface area contributed by atoms with Crippen LogP contribution in [0.1, 0.15) is 26.2 Å². The molecular weight excluding hydrogens is 286 g/mol. The van der Waals surface area contributed by atoms with Crippen molar-refractivity contribution >= 4 is 5.69 Å². The molecule has 0 bridgehead atoms. The van der Waals surface area contributed by atoms with Gasteiger partial charge in [-0.25, -0.2) is 0 Å². The van der Waals surface area contributed by atoms with Crippen molar-refractivity contribution in [1.82, 2.24) is 9.88 Å². The fraction of sp³-hybridized carbons (Fsp3) is 0.643. The maximum atomic E-state index is 13.4. The highest BCUT2D eigenvalue weighted by Gasteiger charge is 2.21. The lowest BCUT2D eigenvalue weighted by Gasteiger charge is -2.29. The van der Waals surface area contributed by atoms with Gasteiger partial charge >= 0.3 is 0 Å². The van der Waals surface area contributed by atoms with Gasteiger partial charge in [0.1, 0.15) is 5.69 Å². The summed E-state index contributed by atoms with van der Waals surface area (Å²) in [6.45, 7) is 4.97. The lowest BCUT2D eigenvalue weighted by molar-refractivity contribution is 0.204. The molecule has 1 aromatic rings. The number of rotatable bonds is 5. The molecule has 1 atom stereocenters. The van der Waals surface area contributed by atoms with E-state index in [0.717, 1.165) is 32.5 Å². The maximum Gasteiger partial charge on any atom is 0.253 e. The number of piperidine rings is 1. The number of nitrogens with one attached hydrogen (secondary N) is 1. The van der Waals surface area contributed by atoms with Crippen LogP contribution in [0.25, 0.3) is 0 Å². The predicted octanol–water partition coefficient (Wildman–Crippen LogP) is 3.17. The highest BCUT2D eigenvalue weighted by atomic mass is 19.2. The molecule has 1 N–H and O–H groups in total. The van der Waals surface area contributed by atoms with Crippen LogP contribution in [0.2, 0.25) is 0 Å². The Morgan fingerprint density at radius 1 is 1.05 bits per heavy atom. The van der Waals surface area contributed by atoms with Crippen LogP contribution in [-0.4, -0.2) is 36.1 Å². The summed E-state index contributed by atoms with van der Waals surface area (Å²) >= 11 is 0. The van der Waals surface area contributed by atoms with E-state index in [-0.39, 0.29) is 12.5 Å². The molecule has 1 unspecified atom stereocenters. The van der Waals surface area contributed by atoms with Crippen molar-refractivity contribution in [3.63, 3.8) is 0 Å². The van der Waals surface area contributed by atoms with Crippen molar-refractivity contribution in [3.8, 4) is 0 Å². The van der Waals surface area contributed by atoms with E-state index in [2.05, 4.69) is 15.2 Å². The van der Waals surface area contributed by atoms with Gasteiger partial charge in [-0.15, -0.1) is 0 Å². The minimum Gasteiger partial charge on any atom is -0.380 e. The molecule has 0 aliphatic carbocycles. The number of pyridine rings is 1. The van der Waals surface area contributed by atoms with Gasteiger partial charge in [0.25, 0.3) is 11.9 Å². The van der Waals surface area contributed by atoms with E-state index in [4.69, 9.17) is 0 Å². The summed E-state index contributed by atoms with van der Waals surface area (Å²) in [6.07, 6.45) is 3.55.